The Hall–Kier alpha value is -1.82. The first-order valence-corrected chi connectivity index (χ1v) is 7.32. The molecule has 4 N–H and O–H groups in total. The van der Waals surface area contributed by atoms with Gasteiger partial charge in [-0.3, -0.25) is 4.98 Å². The third-order valence-corrected chi connectivity index (χ3v) is 4.24. The van der Waals surface area contributed by atoms with E-state index in [2.05, 4.69) is 10.1 Å². The standard InChI is InChI=1S/C15H24N4O2/c1-9-8-12(14(10(2)17-9)15(16)18-21)19(3)11-6-4-5-7-13(11)20/h8,11,13,20-21H,4-7H2,1-3H3,(H2,16,18). The summed E-state index contributed by atoms with van der Waals surface area (Å²) in [6, 6.07) is 1.96. The molecule has 2 atom stereocenters. The predicted molar refractivity (Wildman–Crippen MR) is 82.9 cm³/mol. The van der Waals surface area contributed by atoms with Gasteiger partial charge in [0, 0.05) is 12.7 Å². The van der Waals surface area contributed by atoms with Crippen LogP contribution in [-0.4, -0.2) is 40.3 Å². The van der Waals surface area contributed by atoms with E-state index in [0.717, 1.165) is 42.8 Å². The lowest BCUT2D eigenvalue weighted by Crippen LogP contribution is -2.44. The number of amidine groups is 1. The first-order chi connectivity index (χ1) is 9.95. The van der Waals surface area contributed by atoms with E-state index in [4.69, 9.17) is 10.9 Å². The molecule has 6 heteroatoms. The van der Waals surface area contributed by atoms with Crippen LogP contribution < -0.4 is 10.6 Å². The van der Waals surface area contributed by atoms with Crippen molar-refractivity contribution in [3.05, 3.63) is 23.0 Å². The van der Waals surface area contributed by atoms with Gasteiger partial charge in [0.2, 0.25) is 0 Å². The average molecular weight is 292 g/mol. The Morgan fingerprint density at radius 3 is 2.67 bits per heavy atom. The van der Waals surface area contributed by atoms with Crippen LogP contribution in [0.3, 0.4) is 0 Å². The quantitative estimate of drug-likeness (QED) is 0.340. The highest BCUT2D eigenvalue weighted by Crippen LogP contribution is 2.30. The van der Waals surface area contributed by atoms with E-state index in [-0.39, 0.29) is 18.0 Å². The summed E-state index contributed by atoms with van der Waals surface area (Å²) < 4.78 is 0. The van der Waals surface area contributed by atoms with Gasteiger partial charge in [-0.2, -0.15) is 0 Å². The SMILES string of the molecule is Cc1cc(N(C)C2CCCCC2O)c(/C(N)=N/O)c(C)n1. The number of hydrogen-bond acceptors (Lipinski definition) is 5. The van der Waals surface area contributed by atoms with E-state index in [0.29, 0.717) is 5.56 Å². The minimum absolute atomic E-state index is 0.0465. The molecule has 1 aliphatic rings. The Labute approximate surface area is 125 Å². The molecule has 1 aromatic heterocycles. The number of oxime groups is 1. The lowest BCUT2D eigenvalue weighted by Gasteiger charge is -2.37. The molecule has 116 valence electrons. The van der Waals surface area contributed by atoms with Gasteiger partial charge in [0.05, 0.1) is 29.1 Å². The number of rotatable bonds is 3. The number of aliphatic hydroxyl groups excluding tert-OH is 1. The number of anilines is 1. The van der Waals surface area contributed by atoms with Gasteiger partial charge >= 0.3 is 0 Å². The van der Waals surface area contributed by atoms with E-state index < -0.39 is 0 Å². The summed E-state index contributed by atoms with van der Waals surface area (Å²) in [4.78, 5) is 6.43. The molecule has 0 spiro atoms. The Balaban J connectivity index is 2.46. The zero-order valence-corrected chi connectivity index (χ0v) is 12.9. The van der Waals surface area contributed by atoms with Gasteiger partial charge in [-0.15, -0.1) is 0 Å². The van der Waals surface area contributed by atoms with Crippen molar-refractivity contribution in [3.63, 3.8) is 0 Å². The van der Waals surface area contributed by atoms with Gasteiger partial charge < -0.3 is 20.9 Å². The number of nitrogens with two attached hydrogens (primary N) is 1. The first-order valence-electron chi connectivity index (χ1n) is 7.32. The number of aryl methyl sites for hydroxylation is 2. The molecule has 1 aromatic rings. The summed E-state index contributed by atoms with van der Waals surface area (Å²) in [5, 5.41) is 22.4. The second-order valence-corrected chi connectivity index (χ2v) is 5.76. The lowest BCUT2D eigenvalue weighted by molar-refractivity contribution is 0.106. The molecule has 1 aliphatic carbocycles. The van der Waals surface area contributed by atoms with Gasteiger partial charge in [0.25, 0.3) is 0 Å². The highest BCUT2D eigenvalue weighted by Gasteiger charge is 2.29. The normalized spacial score (nSPS) is 23.1. The fraction of sp³-hybridized carbons (Fsp3) is 0.600. The largest absolute Gasteiger partial charge is 0.409 e. The number of pyridine rings is 1. The topological polar surface area (TPSA) is 95.0 Å². The molecule has 0 radical (unpaired) electrons. The number of aliphatic hydroxyl groups is 1. The van der Waals surface area contributed by atoms with Gasteiger partial charge in [-0.25, -0.2) is 0 Å². The number of aromatic nitrogens is 1. The van der Waals surface area contributed by atoms with E-state index in [1.807, 2.05) is 31.9 Å². The summed E-state index contributed by atoms with van der Waals surface area (Å²) in [5.41, 5.74) is 8.88. The Morgan fingerprint density at radius 2 is 2.05 bits per heavy atom. The maximum atomic E-state index is 10.3. The summed E-state index contributed by atoms with van der Waals surface area (Å²) >= 11 is 0. The van der Waals surface area contributed by atoms with Crippen LogP contribution in [0.25, 0.3) is 0 Å². The van der Waals surface area contributed by atoms with Crippen LogP contribution in [0, 0.1) is 13.8 Å². The average Bonchev–Trinajstić information content (AvgIpc) is 2.45. The molecule has 0 aromatic carbocycles. The minimum atomic E-state index is -0.349. The second kappa shape index (κ2) is 6.30. The molecule has 2 rings (SSSR count). The fourth-order valence-corrected chi connectivity index (χ4v) is 3.17. The smallest absolute Gasteiger partial charge is 0.174 e. The van der Waals surface area contributed by atoms with Gasteiger partial charge in [-0.05, 0) is 32.8 Å². The fourth-order valence-electron chi connectivity index (χ4n) is 3.17. The van der Waals surface area contributed by atoms with Crippen molar-refractivity contribution < 1.29 is 10.3 Å². The molecule has 0 amide bonds. The first kappa shape index (κ1) is 15.6. The summed E-state index contributed by atoms with van der Waals surface area (Å²) in [5.74, 6) is 0.0483. The zero-order valence-electron chi connectivity index (χ0n) is 12.9. The molecular weight excluding hydrogens is 268 g/mol. The van der Waals surface area contributed by atoms with Gasteiger partial charge in [0.1, 0.15) is 0 Å². The summed E-state index contributed by atoms with van der Waals surface area (Å²) in [6.45, 7) is 3.76. The van der Waals surface area contributed by atoms with Crippen molar-refractivity contribution in [1.82, 2.24) is 4.98 Å². The second-order valence-electron chi connectivity index (χ2n) is 5.76. The van der Waals surface area contributed by atoms with Gasteiger partial charge in [0.15, 0.2) is 5.84 Å². The highest BCUT2D eigenvalue weighted by atomic mass is 16.4. The lowest BCUT2D eigenvalue weighted by atomic mass is 9.91. The van der Waals surface area contributed by atoms with E-state index in [1.165, 1.54) is 0 Å². The zero-order chi connectivity index (χ0) is 15.6. The minimum Gasteiger partial charge on any atom is -0.409 e. The molecule has 1 heterocycles. The maximum absolute atomic E-state index is 10.3. The van der Waals surface area contributed by atoms with Crippen LogP contribution in [0.1, 0.15) is 42.6 Å². The highest BCUT2D eigenvalue weighted by molar-refractivity contribution is 6.03. The van der Waals surface area contributed by atoms with E-state index in [1.54, 1.807) is 0 Å². The van der Waals surface area contributed by atoms with Crippen molar-refractivity contribution in [3.8, 4) is 0 Å². The number of nitrogens with zero attached hydrogens (tertiary/aromatic N) is 3. The molecule has 0 saturated heterocycles. The van der Waals surface area contributed by atoms with Crippen LogP contribution in [0.2, 0.25) is 0 Å². The van der Waals surface area contributed by atoms with Crippen LogP contribution in [0.5, 0.6) is 0 Å². The Morgan fingerprint density at radius 1 is 1.38 bits per heavy atom. The van der Waals surface area contributed by atoms with Crippen LogP contribution in [-0.2, 0) is 0 Å². The molecule has 1 fully saturated rings. The third-order valence-electron chi connectivity index (χ3n) is 4.24. The van der Waals surface area contributed by atoms with Crippen LogP contribution in [0.4, 0.5) is 5.69 Å². The van der Waals surface area contributed by atoms with E-state index >= 15 is 0 Å². The summed E-state index contributed by atoms with van der Waals surface area (Å²) in [6.07, 6.45) is 3.57. The molecule has 21 heavy (non-hydrogen) atoms. The molecular formula is C15H24N4O2. The summed E-state index contributed by atoms with van der Waals surface area (Å²) in [7, 11) is 1.95. The third kappa shape index (κ3) is 3.10. The number of likely N-dealkylation sites (N-methyl/N-ethyl adjacent to an activating group) is 1. The monoisotopic (exact) mass is 292 g/mol. The molecule has 0 aliphatic heterocycles. The van der Waals surface area contributed by atoms with Crippen LogP contribution >= 0.6 is 0 Å². The Kier molecular flexibility index (Phi) is 4.67. The van der Waals surface area contributed by atoms with Crippen molar-refractivity contribution in [2.45, 2.75) is 51.7 Å². The van der Waals surface area contributed by atoms with Crippen molar-refractivity contribution in [2.75, 3.05) is 11.9 Å². The van der Waals surface area contributed by atoms with Crippen molar-refractivity contribution in [1.29, 1.82) is 0 Å². The Bertz CT molecular complexity index is 545. The maximum Gasteiger partial charge on any atom is 0.174 e. The van der Waals surface area contributed by atoms with E-state index in [9.17, 15) is 5.11 Å². The molecule has 1 saturated carbocycles. The predicted octanol–water partition coefficient (Wildman–Crippen LogP) is 1.53. The molecule has 6 nitrogen and oxygen atoms in total. The van der Waals surface area contributed by atoms with Crippen LogP contribution in [0.15, 0.2) is 11.2 Å². The van der Waals surface area contributed by atoms with Crippen molar-refractivity contribution in [2.24, 2.45) is 10.9 Å². The molecule has 0 bridgehead atoms. The van der Waals surface area contributed by atoms with Gasteiger partial charge in [-0.1, -0.05) is 18.0 Å². The molecule has 2 unspecified atom stereocenters. The number of hydrogen-bond donors (Lipinski definition) is 3. The van der Waals surface area contributed by atoms with Crippen molar-refractivity contribution >= 4 is 11.5 Å².